The van der Waals surface area contributed by atoms with E-state index in [1.54, 1.807) is 31.2 Å². The van der Waals surface area contributed by atoms with Crippen molar-refractivity contribution < 1.29 is 28.0 Å². The predicted octanol–water partition coefficient (Wildman–Crippen LogP) is 1.57. The minimum absolute atomic E-state index is 0.0575. The molecule has 2 aliphatic heterocycles. The van der Waals surface area contributed by atoms with Crippen LogP contribution in [0.5, 0.6) is 5.75 Å². The molecule has 0 saturated carbocycles. The van der Waals surface area contributed by atoms with Crippen molar-refractivity contribution >= 4 is 7.82 Å². The number of H-pyrrole nitrogens is 1. The number of nitrogens with zero attached hydrogens (tertiary/aromatic N) is 1. The second-order valence-corrected chi connectivity index (χ2v) is 8.51. The number of aliphatic hydroxyl groups is 1. The number of aliphatic hydroxyl groups excluding tert-OH is 1. The Morgan fingerprint density at radius 3 is 2.97 bits per heavy atom. The highest BCUT2D eigenvalue weighted by Gasteiger charge is 2.36. The average Bonchev–Trinajstić information content (AvgIpc) is 3.19. The van der Waals surface area contributed by atoms with Gasteiger partial charge in [-0.25, -0.2) is 9.36 Å². The van der Waals surface area contributed by atoms with Crippen molar-refractivity contribution in [1.29, 1.82) is 0 Å². The fourth-order valence-electron chi connectivity index (χ4n) is 3.22. The summed E-state index contributed by atoms with van der Waals surface area (Å²) in [6, 6.07) is 5.38. The number of phosphoric ester groups is 1. The number of aromatic amines is 1. The Morgan fingerprint density at radius 2 is 2.17 bits per heavy atom. The summed E-state index contributed by atoms with van der Waals surface area (Å²) in [6.45, 7) is 1.44. The molecule has 0 fully saturated rings. The van der Waals surface area contributed by atoms with Crippen LogP contribution in [-0.4, -0.2) is 34.0 Å². The lowest BCUT2D eigenvalue weighted by Crippen LogP contribution is -2.33. The van der Waals surface area contributed by atoms with Crippen LogP contribution in [0.2, 0.25) is 0 Å². The molecule has 0 saturated heterocycles. The molecule has 11 heteroatoms. The van der Waals surface area contributed by atoms with Gasteiger partial charge in [0.2, 0.25) is 0 Å². The molecule has 160 valence electrons. The molecule has 2 aliphatic rings. The maximum absolute atomic E-state index is 12.9. The van der Waals surface area contributed by atoms with Gasteiger partial charge < -0.3 is 14.4 Å². The van der Waals surface area contributed by atoms with Gasteiger partial charge in [-0.15, -0.1) is 0 Å². The van der Waals surface area contributed by atoms with E-state index < -0.39 is 31.4 Å². The van der Waals surface area contributed by atoms with Gasteiger partial charge in [-0.05, 0) is 25.0 Å². The molecule has 10 nitrogen and oxygen atoms in total. The summed E-state index contributed by atoms with van der Waals surface area (Å²) in [5, 5.41) is 9.21. The Morgan fingerprint density at radius 1 is 1.33 bits per heavy atom. The number of rotatable bonds is 6. The smallest absolute Gasteiger partial charge is 0.403 e. The number of nitrogens with one attached hydrogen (secondary N) is 1. The van der Waals surface area contributed by atoms with E-state index >= 15 is 0 Å². The molecule has 1 unspecified atom stereocenters. The summed E-state index contributed by atoms with van der Waals surface area (Å²) in [5.74, 6) is 0.400. The number of hydrogen-bond donors (Lipinski definition) is 2. The Balaban J connectivity index is 1.41. The fourth-order valence-corrected chi connectivity index (χ4v) is 4.48. The lowest BCUT2D eigenvalue weighted by molar-refractivity contribution is -0.0130. The number of benzene rings is 1. The standard InChI is InChI=1S/C19H21N2O8P/c1-12-9-21(19(24)20-18(12)23)16-6-5-15(28-16)11-27-30(25)26-10-14-4-2-3-13(7-8-22)17(14)29-30/h2-6,9,15-16,22H,7-8,10-11H2,1H3,(H,20,23,24)/t15-,16+,30?/m0/s1. The highest BCUT2D eigenvalue weighted by molar-refractivity contribution is 7.49. The number of aryl methyl sites for hydroxylation is 1. The summed E-state index contributed by atoms with van der Waals surface area (Å²) in [7, 11) is -3.88. The predicted molar refractivity (Wildman–Crippen MR) is 105 cm³/mol. The Hall–Kier alpha value is -2.49. The van der Waals surface area contributed by atoms with Gasteiger partial charge in [0.25, 0.3) is 5.56 Å². The molecule has 0 radical (unpaired) electrons. The first-order valence-corrected chi connectivity index (χ1v) is 10.8. The zero-order valence-corrected chi connectivity index (χ0v) is 17.0. The number of ether oxygens (including phenoxy) is 1. The third kappa shape index (κ3) is 4.19. The minimum Gasteiger partial charge on any atom is -0.403 e. The van der Waals surface area contributed by atoms with Gasteiger partial charge >= 0.3 is 13.5 Å². The topological polar surface area (TPSA) is 129 Å². The molecule has 0 amide bonds. The van der Waals surface area contributed by atoms with E-state index in [1.165, 1.54) is 10.8 Å². The zero-order valence-electron chi connectivity index (χ0n) is 16.1. The van der Waals surface area contributed by atoms with Crippen LogP contribution in [-0.2, 0) is 31.4 Å². The molecule has 4 rings (SSSR count). The monoisotopic (exact) mass is 436 g/mol. The third-order valence-electron chi connectivity index (χ3n) is 4.76. The van der Waals surface area contributed by atoms with E-state index in [-0.39, 0.29) is 19.8 Å². The van der Waals surface area contributed by atoms with Crippen molar-refractivity contribution in [1.82, 2.24) is 9.55 Å². The normalized spacial score (nSPS) is 25.1. The molecule has 0 spiro atoms. The molecule has 3 atom stereocenters. The van der Waals surface area contributed by atoms with E-state index in [4.69, 9.17) is 18.3 Å². The van der Waals surface area contributed by atoms with Crippen LogP contribution in [0.15, 0.2) is 46.1 Å². The van der Waals surface area contributed by atoms with E-state index in [1.807, 2.05) is 6.07 Å². The maximum atomic E-state index is 12.9. The van der Waals surface area contributed by atoms with Crippen LogP contribution in [0.25, 0.3) is 0 Å². The van der Waals surface area contributed by atoms with Crippen LogP contribution in [0.1, 0.15) is 22.9 Å². The molecule has 1 aromatic carbocycles. The second kappa shape index (κ2) is 8.33. The van der Waals surface area contributed by atoms with E-state index in [9.17, 15) is 19.3 Å². The lowest BCUT2D eigenvalue weighted by Gasteiger charge is -2.27. The lowest BCUT2D eigenvalue weighted by atomic mass is 10.1. The molecule has 0 aliphatic carbocycles. The fraction of sp³-hybridized carbons (Fsp3) is 0.368. The molecule has 1 aromatic heterocycles. The maximum Gasteiger partial charge on any atom is 0.530 e. The van der Waals surface area contributed by atoms with Crippen molar-refractivity contribution in [2.75, 3.05) is 13.2 Å². The summed E-state index contributed by atoms with van der Waals surface area (Å²) in [5.41, 5.74) is 0.759. The van der Waals surface area contributed by atoms with Crippen molar-refractivity contribution in [3.8, 4) is 5.75 Å². The minimum atomic E-state index is -3.88. The Labute approximate surface area is 171 Å². The van der Waals surface area contributed by atoms with Crippen LogP contribution < -0.4 is 15.8 Å². The third-order valence-corrected chi connectivity index (χ3v) is 6.08. The quantitative estimate of drug-likeness (QED) is 0.516. The van der Waals surface area contributed by atoms with Gasteiger partial charge in [0.15, 0.2) is 6.23 Å². The number of phosphoric acid groups is 1. The van der Waals surface area contributed by atoms with Gasteiger partial charge in [0.05, 0.1) is 13.2 Å². The molecule has 3 heterocycles. The van der Waals surface area contributed by atoms with Gasteiger partial charge in [0.1, 0.15) is 11.9 Å². The van der Waals surface area contributed by atoms with Crippen molar-refractivity contribution in [2.45, 2.75) is 32.3 Å². The number of hydrogen-bond acceptors (Lipinski definition) is 8. The van der Waals surface area contributed by atoms with E-state index in [2.05, 4.69) is 4.98 Å². The largest absolute Gasteiger partial charge is 0.530 e. The second-order valence-electron chi connectivity index (χ2n) is 6.92. The summed E-state index contributed by atoms with van der Waals surface area (Å²) >= 11 is 0. The zero-order chi connectivity index (χ0) is 21.3. The molecule has 2 aromatic rings. The van der Waals surface area contributed by atoms with E-state index in [0.717, 1.165) is 5.56 Å². The SMILES string of the molecule is Cc1cn([C@H]2C=C[C@@H](COP3(=O)OCc4cccc(CCO)c4O3)O2)c(=O)[nH]c1=O. The first-order chi connectivity index (χ1) is 14.4. The van der Waals surface area contributed by atoms with Gasteiger partial charge in [-0.2, -0.15) is 0 Å². The van der Waals surface area contributed by atoms with Crippen LogP contribution in [0.4, 0.5) is 0 Å². The van der Waals surface area contributed by atoms with Crippen LogP contribution in [0, 0.1) is 6.92 Å². The van der Waals surface area contributed by atoms with Crippen LogP contribution >= 0.6 is 7.82 Å². The molecule has 0 bridgehead atoms. The summed E-state index contributed by atoms with van der Waals surface area (Å²) < 4.78 is 36.2. The number of fused-ring (bicyclic) bond motifs is 1. The first-order valence-electron chi connectivity index (χ1n) is 9.35. The molecular weight excluding hydrogens is 415 g/mol. The van der Waals surface area contributed by atoms with Crippen molar-refractivity contribution in [2.24, 2.45) is 0 Å². The molecule has 2 N–H and O–H groups in total. The molecule has 30 heavy (non-hydrogen) atoms. The first kappa shape index (κ1) is 20.8. The van der Waals surface area contributed by atoms with Crippen molar-refractivity contribution in [3.63, 3.8) is 0 Å². The highest BCUT2D eigenvalue weighted by Crippen LogP contribution is 2.55. The highest BCUT2D eigenvalue weighted by atomic mass is 31.2. The van der Waals surface area contributed by atoms with E-state index in [0.29, 0.717) is 23.3 Å². The Kier molecular flexibility index (Phi) is 5.77. The van der Waals surface area contributed by atoms with Gasteiger partial charge in [0, 0.05) is 23.9 Å². The number of para-hydroxylation sites is 1. The van der Waals surface area contributed by atoms with Gasteiger partial charge in [-0.1, -0.05) is 24.3 Å². The van der Waals surface area contributed by atoms with Gasteiger partial charge in [-0.3, -0.25) is 23.4 Å². The Bertz CT molecular complexity index is 1140. The molecular formula is C19H21N2O8P. The summed E-state index contributed by atoms with van der Waals surface area (Å²) in [4.78, 5) is 25.7. The van der Waals surface area contributed by atoms with Crippen LogP contribution in [0.3, 0.4) is 0 Å². The average molecular weight is 436 g/mol. The van der Waals surface area contributed by atoms with Crippen molar-refractivity contribution in [3.05, 3.63) is 74.1 Å². The summed E-state index contributed by atoms with van der Waals surface area (Å²) in [6.07, 6.45) is 3.74. The number of aromatic nitrogens is 2.